The molecule has 2 heterocycles. The van der Waals surface area contributed by atoms with Crippen molar-refractivity contribution in [3.05, 3.63) is 36.0 Å². The Bertz CT molecular complexity index is 1180. The molecular weight excluding hydrogens is 440 g/mol. The Labute approximate surface area is 171 Å². The molecule has 2 aliphatic heterocycles. The summed E-state index contributed by atoms with van der Waals surface area (Å²) in [5, 5.41) is 0. The van der Waals surface area contributed by atoms with E-state index in [9.17, 15) is 30.0 Å². The van der Waals surface area contributed by atoms with Crippen LogP contribution < -0.4 is 0 Å². The number of amides is 1. The average Bonchev–Trinajstić information content (AvgIpc) is 3.13. The first kappa shape index (κ1) is 21.9. The number of sulfone groups is 1. The van der Waals surface area contributed by atoms with E-state index in [-0.39, 0.29) is 22.0 Å². The smallest absolute Gasteiger partial charge is 0.245 e. The van der Waals surface area contributed by atoms with Crippen LogP contribution in [0.15, 0.2) is 45.8 Å². The van der Waals surface area contributed by atoms with Gasteiger partial charge in [-0.3, -0.25) is 4.79 Å². The molecule has 0 aromatic heterocycles. The Balaban J connectivity index is 2.03. The molecule has 3 rings (SSSR count). The first-order valence-electron chi connectivity index (χ1n) is 8.86. The second-order valence-electron chi connectivity index (χ2n) is 7.15. The fraction of sp³-hybridized carbons (Fsp3) is 0.471. The van der Waals surface area contributed by atoms with Gasteiger partial charge in [-0.15, -0.1) is 0 Å². The van der Waals surface area contributed by atoms with Gasteiger partial charge in [0.1, 0.15) is 0 Å². The molecule has 9 nitrogen and oxygen atoms in total. The third-order valence-electron chi connectivity index (χ3n) is 5.02. The Morgan fingerprint density at radius 1 is 0.966 bits per heavy atom. The molecule has 160 valence electrons. The molecule has 0 aliphatic carbocycles. The molecule has 0 saturated carbocycles. The fourth-order valence-electron chi connectivity index (χ4n) is 3.78. The number of nitrogens with zero attached hydrogens (tertiary/aromatic N) is 2. The van der Waals surface area contributed by atoms with Crippen LogP contribution >= 0.6 is 0 Å². The van der Waals surface area contributed by atoms with E-state index >= 15 is 0 Å². The van der Waals surface area contributed by atoms with Crippen molar-refractivity contribution < 1.29 is 30.0 Å². The number of fused-ring (bicyclic) bond motifs is 1. The minimum atomic E-state index is -4.09. The van der Waals surface area contributed by atoms with Gasteiger partial charge in [0.05, 0.1) is 33.7 Å². The highest BCUT2D eigenvalue weighted by atomic mass is 32.2. The summed E-state index contributed by atoms with van der Waals surface area (Å²) in [6, 6.07) is 3.90. The van der Waals surface area contributed by atoms with Gasteiger partial charge in [0, 0.05) is 12.8 Å². The van der Waals surface area contributed by atoms with Crippen LogP contribution in [0.1, 0.15) is 19.8 Å². The van der Waals surface area contributed by atoms with Crippen molar-refractivity contribution in [3.8, 4) is 0 Å². The minimum absolute atomic E-state index is 0.0140. The number of hydrogen-bond donors (Lipinski definition) is 0. The van der Waals surface area contributed by atoms with Crippen LogP contribution in [0.25, 0.3) is 0 Å². The second kappa shape index (κ2) is 7.18. The van der Waals surface area contributed by atoms with Crippen molar-refractivity contribution in [1.29, 1.82) is 0 Å². The maximum absolute atomic E-state index is 13.2. The molecule has 29 heavy (non-hydrogen) atoms. The second-order valence-corrected chi connectivity index (χ2v) is 12.9. The molecule has 1 aromatic rings. The molecule has 1 fully saturated rings. The van der Waals surface area contributed by atoms with Crippen molar-refractivity contribution in [2.75, 3.05) is 19.1 Å². The molecule has 0 radical (unpaired) electrons. The van der Waals surface area contributed by atoms with E-state index in [1.807, 2.05) is 6.92 Å². The standard InChI is InChI=1S/C17H22N2O7S3/c1-4-5-14-16-15(19(17(14)20)28(3,23)24)10-11-18(16)29(25,26)13-8-6-12(7-9-13)27(2,21)22/h6-10,14,16H,4-5,11H2,1-3H3/t14-,16-/m1/s1. The number of hydrogen-bond acceptors (Lipinski definition) is 7. The summed E-state index contributed by atoms with van der Waals surface area (Å²) in [4.78, 5) is 12.6. The highest BCUT2D eigenvalue weighted by Gasteiger charge is 2.55. The lowest BCUT2D eigenvalue weighted by atomic mass is 9.97. The van der Waals surface area contributed by atoms with Crippen molar-refractivity contribution in [2.24, 2.45) is 5.92 Å². The number of benzene rings is 1. The van der Waals surface area contributed by atoms with Crippen molar-refractivity contribution in [2.45, 2.75) is 35.6 Å². The zero-order valence-electron chi connectivity index (χ0n) is 16.1. The molecule has 12 heteroatoms. The largest absolute Gasteiger partial charge is 0.273 e. The summed E-state index contributed by atoms with van der Waals surface area (Å²) < 4.78 is 75.7. The Hall–Kier alpha value is -1.76. The topological polar surface area (TPSA) is 126 Å². The maximum Gasteiger partial charge on any atom is 0.245 e. The van der Waals surface area contributed by atoms with Crippen LogP contribution in [0.4, 0.5) is 0 Å². The predicted octanol–water partition coefficient (Wildman–Crippen LogP) is 0.565. The first-order chi connectivity index (χ1) is 13.3. The predicted molar refractivity (Wildman–Crippen MR) is 105 cm³/mol. The number of rotatable bonds is 6. The van der Waals surface area contributed by atoms with E-state index in [1.165, 1.54) is 30.3 Å². The quantitative estimate of drug-likeness (QED) is 0.605. The van der Waals surface area contributed by atoms with Crippen LogP contribution in [0.5, 0.6) is 0 Å². The van der Waals surface area contributed by atoms with E-state index in [4.69, 9.17) is 0 Å². The van der Waals surface area contributed by atoms with Gasteiger partial charge >= 0.3 is 0 Å². The molecule has 1 saturated heterocycles. The summed E-state index contributed by atoms with van der Waals surface area (Å²) in [5.74, 6) is -1.42. The molecule has 0 unspecified atom stereocenters. The third kappa shape index (κ3) is 3.74. The van der Waals surface area contributed by atoms with Gasteiger partial charge in [-0.25, -0.2) is 29.6 Å². The van der Waals surface area contributed by atoms with E-state index in [1.54, 1.807) is 0 Å². The highest BCUT2D eigenvalue weighted by Crippen LogP contribution is 2.42. The third-order valence-corrected chi connectivity index (χ3v) is 9.06. The summed E-state index contributed by atoms with van der Waals surface area (Å²) >= 11 is 0. The molecule has 1 aromatic carbocycles. The first-order valence-corrected chi connectivity index (χ1v) is 14.0. The van der Waals surface area contributed by atoms with Gasteiger partial charge in [-0.1, -0.05) is 13.3 Å². The van der Waals surface area contributed by atoms with Crippen molar-refractivity contribution in [1.82, 2.24) is 8.61 Å². The molecule has 2 aliphatic rings. The van der Waals surface area contributed by atoms with Crippen LogP contribution in [0.2, 0.25) is 0 Å². The van der Waals surface area contributed by atoms with Gasteiger partial charge in [0.15, 0.2) is 9.84 Å². The highest BCUT2D eigenvalue weighted by molar-refractivity contribution is 7.91. The Kier molecular flexibility index (Phi) is 5.43. The Morgan fingerprint density at radius 3 is 2.00 bits per heavy atom. The normalized spacial score (nSPS) is 23.3. The zero-order valence-corrected chi connectivity index (χ0v) is 18.6. The summed E-state index contributed by atoms with van der Waals surface area (Å²) in [6.45, 7) is 1.76. The SMILES string of the molecule is CCC[C@H]1C(=O)N(S(C)(=O)=O)C2=CCN(S(=O)(=O)c3ccc(S(C)(=O)=O)cc3)[C@@H]21. The van der Waals surface area contributed by atoms with E-state index in [0.717, 1.165) is 16.8 Å². The van der Waals surface area contributed by atoms with Crippen LogP contribution in [0.3, 0.4) is 0 Å². The molecule has 1 amide bonds. The lowest BCUT2D eigenvalue weighted by Crippen LogP contribution is -2.41. The summed E-state index contributed by atoms with van der Waals surface area (Å²) in [5.41, 5.74) is 0.160. The number of carbonyl (C=O) groups is 1. The monoisotopic (exact) mass is 462 g/mol. The average molecular weight is 463 g/mol. The van der Waals surface area contributed by atoms with Crippen LogP contribution in [-0.4, -0.2) is 64.9 Å². The number of sulfonamides is 2. The van der Waals surface area contributed by atoms with E-state index in [2.05, 4.69) is 0 Å². The zero-order chi connectivity index (χ0) is 21.8. The summed E-state index contributed by atoms with van der Waals surface area (Å²) in [7, 11) is -11.5. The van der Waals surface area contributed by atoms with Gasteiger partial charge in [0.25, 0.3) is 0 Å². The molecule has 0 N–H and O–H groups in total. The number of carbonyl (C=O) groups excluding carboxylic acids is 1. The minimum Gasteiger partial charge on any atom is -0.273 e. The lowest BCUT2D eigenvalue weighted by molar-refractivity contribution is -0.127. The van der Waals surface area contributed by atoms with E-state index < -0.39 is 47.8 Å². The lowest BCUT2D eigenvalue weighted by Gasteiger charge is -2.26. The van der Waals surface area contributed by atoms with Crippen molar-refractivity contribution >= 4 is 35.8 Å². The maximum atomic E-state index is 13.2. The summed E-state index contributed by atoms with van der Waals surface area (Å²) in [6.07, 6.45) is 4.30. The van der Waals surface area contributed by atoms with Gasteiger partial charge in [0.2, 0.25) is 26.0 Å². The van der Waals surface area contributed by atoms with Crippen LogP contribution in [-0.2, 0) is 34.7 Å². The van der Waals surface area contributed by atoms with Crippen LogP contribution in [0, 0.1) is 5.92 Å². The fourth-order valence-corrected chi connectivity index (χ4v) is 7.01. The van der Waals surface area contributed by atoms with Crippen molar-refractivity contribution in [3.63, 3.8) is 0 Å². The van der Waals surface area contributed by atoms with Gasteiger partial charge < -0.3 is 0 Å². The molecule has 2 atom stereocenters. The molecule has 0 spiro atoms. The van der Waals surface area contributed by atoms with Gasteiger partial charge in [-0.05, 0) is 36.8 Å². The van der Waals surface area contributed by atoms with E-state index in [0.29, 0.717) is 17.1 Å². The van der Waals surface area contributed by atoms with Gasteiger partial charge in [-0.2, -0.15) is 4.31 Å². The Morgan fingerprint density at radius 2 is 1.52 bits per heavy atom. The molecular formula is C17H22N2O7S3. The molecule has 0 bridgehead atoms.